The Labute approximate surface area is 213 Å². The van der Waals surface area contributed by atoms with E-state index in [0.29, 0.717) is 6.04 Å². The number of benzene rings is 2. The molecule has 2 fully saturated rings. The fraction of sp³-hybridized carbons (Fsp3) is 0.360. The SMILES string of the molecule is COc1cc(N2C[C@H]3C[C@@H]2CN3)cc2c1c(=O)n(Cc1ncn(C)n1)c(=O)n2Cc1cc(F)c(F)c(F)c1. The molecule has 2 aromatic carbocycles. The van der Waals surface area contributed by atoms with Crippen LogP contribution < -0.4 is 26.2 Å². The number of nitrogens with one attached hydrogen (secondary N) is 1. The fourth-order valence-corrected chi connectivity index (χ4v) is 5.46. The number of hydrogen-bond donors (Lipinski definition) is 1. The van der Waals surface area contributed by atoms with E-state index in [-0.39, 0.29) is 47.2 Å². The summed E-state index contributed by atoms with van der Waals surface area (Å²) < 4.78 is 51.0. The molecule has 2 atom stereocenters. The zero-order chi connectivity index (χ0) is 26.7. The first-order valence-electron chi connectivity index (χ1n) is 12.1. The Morgan fingerprint density at radius 2 is 1.84 bits per heavy atom. The summed E-state index contributed by atoms with van der Waals surface area (Å²) in [6.07, 6.45) is 2.41. The quantitative estimate of drug-likeness (QED) is 0.378. The van der Waals surface area contributed by atoms with E-state index >= 15 is 0 Å². The van der Waals surface area contributed by atoms with Crippen molar-refractivity contribution in [3.8, 4) is 5.75 Å². The molecule has 13 heteroatoms. The van der Waals surface area contributed by atoms with Crippen LogP contribution in [0.1, 0.15) is 17.8 Å². The van der Waals surface area contributed by atoms with Crippen molar-refractivity contribution in [1.82, 2.24) is 29.2 Å². The highest BCUT2D eigenvalue weighted by Gasteiger charge is 2.38. The second-order valence-electron chi connectivity index (χ2n) is 9.66. The van der Waals surface area contributed by atoms with Gasteiger partial charge in [-0.1, -0.05) is 0 Å². The maximum atomic E-state index is 14.1. The molecule has 2 bridgehead atoms. The van der Waals surface area contributed by atoms with E-state index in [1.165, 1.54) is 22.7 Å². The minimum atomic E-state index is -1.60. The van der Waals surface area contributed by atoms with Gasteiger partial charge >= 0.3 is 5.69 Å². The van der Waals surface area contributed by atoms with Gasteiger partial charge in [0.25, 0.3) is 5.56 Å². The standard InChI is InChI=1S/C25H24F3N7O3/c1-32-12-30-21(31-32)11-35-24(36)22-19(34(25(35)37)9-13-3-17(26)23(28)18(27)4-13)6-15(7-20(22)38-2)33-10-14-5-16(33)8-29-14/h3-4,6-7,12,14,16,29H,5,8-11H2,1-2H3/t14-,16-/m1/s1. The number of ether oxygens (including phenoxy) is 1. The van der Waals surface area contributed by atoms with E-state index in [9.17, 15) is 22.8 Å². The zero-order valence-corrected chi connectivity index (χ0v) is 20.6. The van der Waals surface area contributed by atoms with Gasteiger partial charge in [-0.3, -0.25) is 18.6 Å². The number of methoxy groups -OCH3 is 1. The summed E-state index contributed by atoms with van der Waals surface area (Å²) in [6.45, 7) is 1.01. The summed E-state index contributed by atoms with van der Waals surface area (Å²) in [7, 11) is 3.08. The summed E-state index contributed by atoms with van der Waals surface area (Å²) in [5.74, 6) is -3.86. The van der Waals surface area contributed by atoms with E-state index in [0.717, 1.165) is 41.9 Å². The number of fused-ring (bicyclic) bond motifs is 3. The van der Waals surface area contributed by atoms with Crippen LogP contribution in [-0.4, -0.2) is 56.2 Å². The number of piperazine rings is 1. The molecule has 4 heterocycles. The molecular weight excluding hydrogens is 503 g/mol. The molecule has 4 aromatic rings. The molecule has 198 valence electrons. The molecule has 10 nitrogen and oxygen atoms in total. The number of nitrogens with zero attached hydrogens (tertiary/aromatic N) is 6. The predicted octanol–water partition coefficient (Wildman–Crippen LogP) is 1.36. The third-order valence-corrected chi connectivity index (χ3v) is 7.22. The molecule has 2 aromatic heterocycles. The lowest BCUT2D eigenvalue weighted by Crippen LogP contribution is -2.44. The second kappa shape index (κ2) is 9.01. The number of aromatic nitrogens is 5. The minimum Gasteiger partial charge on any atom is -0.496 e. The molecule has 2 aliphatic heterocycles. The van der Waals surface area contributed by atoms with E-state index in [2.05, 4.69) is 20.3 Å². The Balaban J connectivity index is 1.58. The van der Waals surface area contributed by atoms with Crippen molar-refractivity contribution in [3.05, 3.63) is 80.3 Å². The van der Waals surface area contributed by atoms with Gasteiger partial charge in [-0.05, 0) is 30.2 Å². The van der Waals surface area contributed by atoms with Crippen LogP contribution in [0.2, 0.25) is 0 Å². The smallest absolute Gasteiger partial charge is 0.332 e. The van der Waals surface area contributed by atoms with Gasteiger partial charge in [0.15, 0.2) is 23.3 Å². The highest BCUT2D eigenvalue weighted by Crippen LogP contribution is 2.35. The monoisotopic (exact) mass is 527 g/mol. The summed E-state index contributed by atoms with van der Waals surface area (Å²) in [5, 5.41) is 7.72. The van der Waals surface area contributed by atoms with Gasteiger partial charge < -0.3 is 15.0 Å². The molecule has 0 aliphatic carbocycles. The van der Waals surface area contributed by atoms with Crippen molar-refractivity contribution in [3.63, 3.8) is 0 Å². The molecule has 0 amide bonds. The number of rotatable bonds is 6. The Hall–Kier alpha value is -4.13. The molecule has 2 saturated heterocycles. The van der Waals surface area contributed by atoms with Gasteiger partial charge in [0.2, 0.25) is 0 Å². The zero-order valence-electron chi connectivity index (χ0n) is 20.6. The van der Waals surface area contributed by atoms with Gasteiger partial charge in [0.1, 0.15) is 17.5 Å². The largest absolute Gasteiger partial charge is 0.496 e. The molecule has 0 saturated carbocycles. The van der Waals surface area contributed by atoms with Crippen molar-refractivity contribution in [2.45, 2.75) is 31.6 Å². The highest BCUT2D eigenvalue weighted by atomic mass is 19.2. The maximum absolute atomic E-state index is 14.1. The van der Waals surface area contributed by atoms with Crippen LogP contribution >= 0.6 is 0 Å². The van der Waals surface area contributed by atoms with Crippen molar-refractivity contribution >= 4 is 16.6 Å². The molecule has 1 N–H and O–H groups in total. The van der Waals surface area contributed by atoms with Crippen molar-refractivity contribution in [2.75, 3.05) is 25.1 Å². The van der Waals surface area contributed by atoms with Gasteiger partial charge in [-0.15, -0.1) is 0 Å². The van der Waals surface area contributed by atoms with E-state index in [4.69, 9.17) is 4.74 Å². The molecule has 0 spiro atoms. The molecular formula is C25H24F3N7O3. The van der Waals surface area contributed by atoms with Crippen LogP contribution in [0, 0.1) is 17.5 Å². The van der Waals surface area contributed by atoms with Crippen molar-refractivity contribution in [2.24, 2.45) is 7.05 Å². The Kier molecular flexibility index (Phi) is 5.74. The Morgan fingerprint density at radius 1 is 1.08 bits per heavy atom. The van der Waals surface area contributed by atoms with E-state index in [1.54, 1.807) is 19.2 Å². The normalized spacial score (nSPS) is 18.6. The van der Waals surface area contributed by atoms with Crippen LogP contribution in [0.4, 0.5) is 18.9 Å². The van der Waals surface area contributed by atoms with E-state index < -0.39 is 28.7 Å². The second-order valence-corrected chi connectivity index (χ2v) is 9.66. The Morgan fingerprint density at radius 3 is 2.45 bits per heavy atom. The van der Waals surface area contributed by atoms with Gasteiger partial charge in [0, 0.05) is 44.0 Å². The number of halogens is 3. The lowest BCUT2D eigenvalue weighted by Gasteiger charge is -2.30. The van der Waals surface area contributed by atoms with Crippen LogP contribution in [-0.2, 0) is 20.1 Å². The molecule has 6 rings (SSSR count). The summed E-state index contributed by atoms with van der Waals surface area (Å²) in [5.41, 5.74) is -0.334. The first kappa shape index (κ1) is 24.2. The predicted molar refractivity (Wildman–Crippen MR) is 132 cm³/mol. The summed E-state index contributed by atoms with van der Waals surface area (Å²) in [6, 6.07) is 5.74. The minimum absolute atomic E-state index is 0.0137. The third kappa shape index (κ3) is 3.93. The number of hydrogen-bond acceptors (Lipinski definition) is 7. The van der Waals surface area contributed by atoms with Crippen LogP contribution in [0.25, 0.3) is 10.9 Å². The van der Waals surface area contributed by atoms with Crippen molar-refractivity contribution < 1.29 is 17.9 Å². The number of anilines is 1. The maximum Gasteiger partial charge on any atom is 0.332 e. The first-order valence-corrected chi connectivity index (χ1v) is 12.1. The lowest BCUT2D eigenvalue weighted by atomic mass is 10.1. The van der Waals surface area contributed by atoms with Crippen LogP contribution in [0.5, 0.6) is 5.75 Å². The molecule has 0 unspecified atom stereocenters. The third-order valence-electron chi connectivity index (χ3n) is 7.22. The average molecular weight is 528 g/mol. The molecule has 2 aliphatic rings. The van der Waals surface area contributed by atoms with Gasteiger partial charge in [-0.2, -0.15) is 5.10 Å². The van der Waals surface area contributed by atoms with E-state index in [1.807, 2.05) is 0 Å². The van der Waals surface area contributed by atoms with Crippen LogP contribution in [0.15, 0.2) is 40.2 Å². The fourth-order valence-electron chi connectivity index (χ4n) is 5.46. The summed E-state index contributed by atoms with van der Waals surface area (Å²) in [4.78, 5) is 33.7. The lowest BCUT2D eigenvalue weighted by molar-refractivity contribution is 0.418. The van der Waals surface area contributed by atoms with Crippen LogP contribution in [0.3, 0.4) is 0 Å². The van der Waals surface area contributed by atoms with Crippen molar-refractivity contribution in [1.29, 1.82) is 0 Å². The van der Waals surface area contributed by atoms with Gasteiger partial charge in [0.05, 0.1) is 25.7 Å². The highest BCUT2D eigenvalue weighted by molar-refractivity contribution is 5.89. The topological polar surface area (TPSA) is 99.2 Å². The summed E-state index contributed by atoms with van der Waals surface area (Å²) >= 11 is 0. The Bertz CT molecular complexity index is 1670. The molecule has 38 heavy (non-hydrogen) atoms. The van der Waals surface area contributed by atoms with Gasteiger partial charge in [-0.25, -0.2) is 22.9 Å². The molecule has 0 radical (unpaired) electrons. The number of aryl methyl sites for hydroxylation is 1. The average Bonchev–Trinajstić information content (AvgIpc) is 3.64. The first-order chi connectivity index (χ1) is 18.2.